The summed E-state index contributed by atoms with van der Waals surface area (Å²) in [4.78, 5) is 28.5. The molecule has 1 aromatic heterocycles. The molecule has 8 heteroatoms. The van der Waals surface area contributed by atoms with Crippen LogP contribution in [0.3, 0.4) is 0 Å². The fraction of sp³-hybridized carbons (Fsp3) is 0.263. The molecule has 0 saturated carbocycles. The average Bonchev–Trinajstić information content (AvgIpc) is 2.69. The lowest BCUT2D eigenvalue weighted by atomic mass is 10.1. The Labute approximate surface area is 164 Å². The molecule has 146 valence electrons. The number of nitrogens with zero attached hydrogens (tertiary/aromatic N) is 2. The average molecular weight is 393 g/mol. The summed E-state index contributed by atoms with van der Waals surface area (Å²) in [5.41, 5.74) is 1.78. The van der Waals surface area contributed by atoms with Crippen molar-refractivity contribution < 1.29 is 18.7 Å². The third-order valence-electron chi connectivity index (χ3n) is 2.96. The van der Waals surface area contributed by atoms with E-state index in [1.807, 2.05) is 6.92 Å². The van der Waals surface area contributed by atoms with Crippen LogP contribution in [0, 0.1) is 5.82 Å². The van der Waals surface area contributed by atoms with Crippen LogP contribution in [0.1, 0.15) is 17.4 Å². The summed E-state index contributed by atoms with van der Waals surface area (Å²) in [6.45, 7) is 6.60. The first kappa shape index (κ1) is 24.6. The Kier molecular flexibility index (Phi) is 13.4. The zero-order valence-electron chi connectivity index (χ0n) is 15.6. The van der Waals surface area contributed by atoms with Gasteiger partial charge >= 0.3 is 0 Å². The largest absolute Gasteiger partial charge is 0.385 e. The van der Waals surface area contributed by atoms with E-state index in [2.05, 4.69) is 39.4 Å². The van der Waals surface area contributed by atoms with Gasteiger partial charge in [0, 0.05) is 19.3 Å². The predicted octanol–water partition coefficient (Wildman–Crippen LogP) is 3.35. The van der Waals surface area contributed by atoms with Gasteiger partial charge in [-0.25, -0.2) is 9.37 Å². The number of likely N-dealkylation sites (N-methyl/N-ethyl adjacent to an activating group) is 1. The molecule has 1 heterocycles. The SMILES string of the molecule is C=Nc1ccc(-c2ccc(F)cc2)nc1C(=O)S.CCOC.CNCC=O. The molecule has 0 radical (unpaired) electrons. The van der Waals surface area contributed by atoms with Gasteiger partial charge in [0.05, 0.1) is 17.9 Å². The van der Waals surface area contributed by atoms with E-state index < -0.39 is 5.12 Å². The van der Waals surface area contributed by atoms with Crippen LogP contribution < -0.4 is 5.32 Å². The molecule has 0 aliphatic carbocycles. The molecule has 0 spiro atoms. The molecule has 0 fully saturated rings. The molecule has 2 aromatic rings. The number of ether oxygens (including phenoxy) is 1. The molecule has 0 bridgehead atoms. The first-order chi connectivity index (χ1) is 12.9. The maximum atomic E-state index is 12.8. The molecule has 1 aromatic carbocycles. The summed E-state index contributed by atoms with van der Waals surface area (Å²) in [5.74, 6) is -0.325. The van der Waals surface area contributed by atoms with Gasteiger partial charge in [-0.05, 0) is 57.1 Å². The molecular weight excluding hydrogens is 369 g/mol. The predicted molar refractivity (Wildman–Crippen MR) is 110 cm³/mol. The van der Waals surface area contributed by atoms with Crippen LogP contribution in [-0.4, -0.2) is 50.4 Å². The van der Waals surface area contributed by atoms with Crippen LogP contribution in [0.4, 0.5) is 10.1 Å². The second-order valence-corrected chi connectivity index (χ2v) is 5.24. The molecule has 0 amide bonds. The van der Waals surface area contributed by atoms with E-state index in [4.69, 9.17) is 0 Å². The van der Waals surface area contributed by atoms with Gasteiger partial charge in [0.15, 0.2) is 0 Å². The molecule has 0 unspecified atom stereocenters. The lowest BCUT2D eigenvalue weighted by Gasteiger charge is -2.05. The van der Waals surface area contributed by atoms with Crippen molar-refractivity contribution in [2.45, 2.75) is 6.92 Å². The number of thiol groups is 1. The minimum absolute atomic E-state index is 0.134. The molecule has 0 aliphatic heterocycles. The topological polar surface area (TPSA) is 80.7 Å². The van der Waals surface area contributed by atoms with Gasteiger partial charge in [0.2, 0.25) is 5.12 Å². The number of methoxy groups -OCH3 is 1. The van der Waals surface area contributed by atoms with Crippen molar-refractivity contribution in [2.24, 2.45) is 4.99 Å². The van der Waals surface area contributed by atoms with E-state index in [0.717, 1.165) is 12.9 Å². The summed E-state index contributed by atoms with van der Waals surface area (Å²) in [6.07, 6.45) is 0.819. The number of halogens is 1. The van der Waals surface area contributed by atoms with Crippen molar-refractivity contribution in [3.63, 3.8) is 0 Å². The van der Waals surface area contributed by atoms with Gasteiger partial charge in [0.25, 0.3) is 0 Å². The summed E-state index contributed by atoms with van der Waals surface area (Å²) in [5, 5.41) is 2.16. The lowest BCUT2D eigenvalue weighted by Crippen LogP contribution is -2.07. The molecule has 2 rings (SSSR count). The van der Waals surface area contributed by atoms with Gasteiger partial charge < -0.3 is 14.8 Å². The Morgan fingerprint density at radius 1 is 1.33 bits per heavy atom. The first-order valence-electron chi connectivity index (χ1n) is 7.99. The monoisotopic (exact) mass is 393 g/mol. The molecule has 0 atom stereocenters. The second kappa shape index (κ2) is 14.7. The van der Waals surface area contributed by atoms with Crippen LogP contribution >= 0.6 is 12.6 Å². The highest BCUT2D eigenvalue weighted by molar-refractivity contribution is 7.97. The fourth-order valence-corrected chi connectivity index (χ4v) is 1.77. The van der Waals surface area contributed by atoms with Crippen molar-refractivity contribution in [1.82, 2.24) is 10.3 Å². The molecule has 0 aliphatic rings. The zero-order valence-corrected chi connectivity index (χ0v) is 16.5. The molecule has 6 nitrogen and oxygen atoms in total. The number of aldehydes is 1. The molecule has 0 saturated heterocycles. The fourth-order valence-electron chi connectivity index (χ4n) is 1.60. The number of aliphatic imine (C=N–C) groups is 1. The summed E-state index contributed by atoms with van der Waals surface area (Å²) >= 11 is 3.74. The van der Waals surface area contributed by atoms with E-state index >= 15 is 0 Å². The number of carbonyl (C=O) groups is 2. The first-order valence-corrected chi connectivity index (χ1v) is 8.43. The smallest absolute Gasteiger partial charge is 0.236 e. The van der Waals surface area contributed by atoms with Gasteiger partial charge in [0.1, 0.15) is 17.8 Å². The van der Waals surface area contributed by atoms with Gasteiger partial charge in [-0.3, -0.25) is 9.79 Å². The van der Waals surface area contributed by atoms with Crippen molar-refractivity contribution >= 4 is 36.4 Å². The number of benzene rings is 1. The third kappa shape index (κ3) is 9.74. The van der Waals surface area contributed by atoms with E-state index in [1.165, 1.54) is 12.1 Å². The van der Waals surface area contributed by atoms with E-state index in [1.54, 1.807) is 38.4 Å². The zero-order chi connectivity index (χ0) is 20.7. The maximum absolute atomic E-state index is 12.8. The number of nitrogens with one attached hydrogen (secondary N) is 1. The Morgan fingerprint density at radius 3 is 2.30 bits per heavy atom. The van der Waals surface area contributed by atoms with Crippen LogP contribution in [-0.2, 0) is 9.53 Å². The van der Waals surface area contributed by atoms with Crippen molar-refractivity contribution in [1.29, 1.82) is 0 Å². The summed E-state index contributed by atoms with van der Waals surface area (Å²) < 4.78 is 17.4. The van der Waals surface area contributed by atoms with Crippen molar-refractivity contribution in [3.8, 4) is 11.3 Å². The normalized spacial score (nSPS) is 9.22. The highest BCUT2D eigenvalue weighted by Crippen LogP contribution is 2.24. The summed E-state index contributed by atoms with van der Waals surface area (Å²) in [6, 6.07) is 9.16. The Bertz CT molecular complexity index is 723. The highest BCUT2D eigenvalue weighted by Gasteiger charge is 2.11. The minimum atomic E-state index is -0.485. The number of carbonyl (C=O) groups excluding carboxylic acids is 2. The van der Waals surface area contributed by atoms with Crippen LogP contribution in [0.15, 0.2) is 41.4 Å². The van der Waals surface area contributed by atoms with Crippen molar-refractivity contribution in [3.05, 3.63) is 47.9 Å². The number of hydrogen-bond donors (Lipinski definition) is 2. The van der Waals surface area contributed by atoms with Gasteiger partial charge in [-0.15, -0.1) is 0 Å². The quantitative estimate of drug-likeness (QED) is 0.447. The standard InChI is InChI=1S/C13H9FN2OS.C3H7NO.C3H8O/c1-15-11-7-6-10(16-12(11)13(17)18)8-2-4-9(14)5-3-8;1-4-2-3-5;1-3-4-2/h2-7H,1H2,(H,17,18);3-4H,2H2,1H3;3H2,1-2H3. The highest BCUT2D eigenvalue weighted by atomic mass is 32.1. The van der Waals surface area contributed by atoms with Crippen molar-refractivity contribution in [2.75, 3.05) is 27.3 Å². The molecular formula is C19H24FN3O3S. The van der Waals surface area contributed by atoms with Gasteiger partial charge in [-0.2, -0.15) is 0 Å². The maximum Gasteiger partial charge on any atom is 0.236 e. The second-order valence-electron chi connectivity index (χ2n) is 4.84. The van der Waals surface area contributed by atoms with Gasteiger partial charge in [-0.1, -0.05) is 12.6 Å². The van der Waals surface area contributed by atoms with E-state index in [9.17, 15) is 14.0 Å². The van der Waals surface area contributed by atoms with E-state index in [0.29, 0.717) is 23.5 Å². The number of hydrogen-bond acceptors (Lipinski definition) is 6. The Balaban J connectivity index is 0.000000630. The molecule has 27 heavy (non-hydrogen) atoms. The number of pyridine rings is 1. The van der Waals surface area contributed by atoms with Crippen LogP contribution in [0.25, 0.3) is 11.3 Å². The Morgan fingerprint density at radius 2 is 1.93 bits per heavy atom. The number of rotatable bonds is 6. The number of aromatic nitrogens is 1. The van der Waals surface area contributed by atoms with Crippen LogP contribution in [0.5, 0.6) is 0 Å². The molecule has 1 N–H and O–H groups in total. The Hall–Kier alpha value is -2.42. The third-order valence-corrected chi connectivity index (χ3v) is 3.17. The van der Waals surface area contributed by atoms with E-state index in [-0.39, 0.29) is 11.5 Å². The van der Waals surface area contributed by atoms with Crippen LogP contribution in [0.2, 0.25) is 0 Å². The lowest BCUT2D eigenvalue weighted by molar-refractivity contribution is -0.107. The minimum Gasteiger partial charge on any atom is -0.385 e. The summed E-state index contributed by atoms with van der Waals surface area (Å²) in [7, 11) is 3.41.